The minimum atomic E-state index is 0.436. The van der Waals surface area contributed by atoms with Gasteiger partial charge in [-0.2, -0.15) is 4.98 Å². The van der Waals surface area contributed by atoms with Crippen LogP contribution in [0.5, 0.6) is 17.5 Å². The number of hydrogen-bond donors (Lipinski definition) is 0. The quantitative estimate of drug-likeness (QED) is 0.494. The van der Waals surface area contributed by atoms with Gasteiger partial charge < -0.3 is 14.4 Å². The molecule has 0 fully saturated rings. The minimum Gasteiger partial charge on any atom is -0.493 e. The molecule has 0 radical (unpaired) electrons. The van der Waals surface area contributed by atoms with Crippen molar-refractivity contribution in [3.8, 4) is 17.5 Å². The normalized spacial score (nSPS) is 11.3. The van der Waals surface area contributed by atoms with E-state index in [1.807, 2.05) is 49.7 Å². The summed E-state index contributed by atoms with van der Waals surface area (Å²) in [4.78, 5) is 11.2. The van der Waals surface area contributed by atoms with Gasteiger partial charge >= 0.3 is 6.01 Å². The SMILES string of the molecule is CCC(CC)c1ccc(Cl)c2nc(Oc3c(OC)cc(C)nc3N(C)C)n(C)c12. The van der Waals surface area contributed by atoms with Gasteiger partial charge in [0.1, 0.15) is 5.52 Å². The van der Waals surface area contributed by atoms with Crippen LogP contribution in [0.2, 0.25) is 5.02 Å². The maximum atomic E-state index is 6.49. The van der Waals surface area contributed by atoms with Gasteiger partial charge in [0.25, 0.3) is 0 Å². The first-order valence-electron chi connectivity index (χ1n) is 9.87. The number of hydrogen-bond acceptors (Lipinski definition) is 5. The largest absolute Gasteiger partial charge is 0.493 e. The van der Waals surface area contributed by atoms with Gasteiger partial charge in [-0.15, -0.1) is 0 Å². The van der Waals surface area contributed by atoms with Crippen molar-refractivity contribution in [2.75, 3.05) is 26.1 Å². The molecule has 0 aliphatic heterocycles. The number of pyridine rings is 1. The van der Waals surface area contributed by atoms with Crippen LogP contribution in [0.3, 0.4) is 0 Å². The Bertz CT molecular complexity index is 1030. The van der Waals surface area contributed by atoms with Gasteiger partial charge in [0.15, 0.2) is 11.6 Å². The minimum absolute atomic E-state index is 0.436. The van der Waals surface area contributed by atoms with E-state index in [2.05, 4.69) is 24.9 Å². The highest BCUT2D eigenvalue weighted by molar-refractivity contribution is 6.35. The monoisotopic (exact) mass is 416 g/mol. The van der Waals surface area contributed by atoms with E-state index in [1.165, 1.54) is 5.56 Å². The lowest BCUT2D eigenvalue weighted by molar-refractivity contribution is 0.362. The molecule has 156 valence electrons. The zero-order chi connectivity index (χ0) is 21.3. The zero-order valence-corrected chi connectivity index (χ0v) is 19.0. The second kappa shape index (κ2) is 8.49. The van der Waals surface area contributed by atoms with Crippen molar-refractivity contribution >= 4 is 28.5 Å². The average molecular weight is 417 g/mol. The van der Waals surface area contributed by atoms with E-state index < -0.39 is 0 Å². The summed E-state index contributed by atoms with van der Waals surface area (Å²) in [6.07, 6.45) is 2.10. The second-order valence-electron chi connectivity index (χ2n) is 7.42. The van der Waals surface area contributed by atoms with Crippen molar-refractivity contribution in [3.05, 3.63) is 34.5 Å². The molecule has 0 unspecified atom stereocenters. The molecule has 1 aromatic carbocycles. The second-order valence-corrected chi connectivity index (χ2v) is 7.82. The van der Waals surface area contributed by atoms with Crippen LogP contribution in [-0.2, 0) is 7.05 Å². The predicted molar refractivity (Wildman–Crippen MR) is 119 cm³/mol. The Balaban J connectivity index is 2.20. The van der Waals surface area contributed by atoms with E-state index in [-0.39, 0.29) is 0 Å². The molecule has 29 heavy (non-hydrogen) atoms. The van der Waals surface area contributed by atoms with E-state index in [0.29, 0.717) is 34.3 Å². The van der Waals surface area contributed by atoms with Crippen molar-refractivity contribution in [2.24, 2.45) is 7.05 Å². The molecule has 0 spiro atoms. The van der Waals surface area contributed by atoms with Crippen molar-refractivity contribution < 1.29 is 9.47 Å². The van der Waals surface area contributed by atoms with E-state index in [1.54, 1.807) is 7.11 Å². The first-order chi connectivity index (χ1) is 13.8. The van der Waals surface area contributed by atoms with Crippen molar-refractivity contribution in [3.63, 3.8) is 0 Å². The molecule has 7 heteroatoms. The Morgan fingerprint density at radius 2 is 1.86 bits per heavy atom. The van der Waals surface area contributed by atoms with Gasteiger partial charge in [-0.25, -0.2) is 4.98 Å². The summed E-state index contributed by atoms with van der Waals surface area (Å²) < 4.78 is 13.8. The van der Waals surface area contributed by atoms with E-state index >= 15 is 0 Å². The first kappa shape index (κ1) is 21.2. The van der Waals surface area contributed by atoms with Crippen LogP contribution in [-0.4, -0.2) is 35.7 Å². The van der Waals surface area contributed by atoms with Crippen LogP contribution in [0.15, 0.2) is 18.2 Å². The van der Waals surface area contributed by atoms with Crippen LogP contribution in [0, 0.1) is 6.92 Å². The van der Waals surface area contributed by atoms with Gasteiger partial charge in [0.2, 0.25) is 5.75 Å². The summed E-state index contributed by atoms with van der Waals surface area (Å²) in [5.74, 6) is 2.26. The molecule has 6 nitrogen and oxygen atoms in total. The Hall–Kier alpha value is -2.47. The third kappa shape index (κ3) is 3.86. The summed E-state index contributed by atoms with van der Waals surface area (Å²) in [6, 6.07) is 6.33. The zero-order valence-electron chi connectivity index (χ0n) is 18.2. The van der Waals surface area contributed by atoms with Crippen LogP contribution < -0.4 is 14.4 Å². The average Bonchev–Trinajstić information content (AvgIpc) is 3.02. The number of aromatic nitrogens is 3. The molecule has 0 aliphatic carbocycles. The van der Waals surface area contributed by atoms with Crippen molar-refractivity contribution in [1.29, 1.82) is 0 Å². The highest BCUT2D eigenvalue weighted by Gasteiger charge is 2.23. The molecule has 2 aromatic heterocycles. The van der Waals surface area contributed by atoms with Gasteiger partial charge in [-0.05, 0) is 37.3 Å². The number of fused-ring (bicyclic) bond motifs is 1. The first-order valence-corrected chi connectivity index (χ1v) is 10.3. The van der Waals surface area contributed by atoms with Crippen LogP contribution in [0.25, 0.3) is 11.0 Å². The fraction of sp³-hybridized carbons (Fsp3) is 0.455. The van der Waals surface area contributed by atoms with Crippen molar-refractivity contribution in [1.82, 2.24) is 14.5 Å². The molecule has 3 rings (SSSR count). The van der Waals surface area contributed by atoms with Crippen LogP contribution in [0.4, 0.5) is 5.82 Å². The number of benzene rings is 1. The standard InChI is InChI=1S/C22H29ClN4O2/c1-8-14(9-2)15-10-11-16(23)18-19(15)27(6)22(25-18)29-20-17(28-7)12-13(3)24-21(20)26(4)5/h10-12,14H,8-9H2,1-7H3. The molecule has 0 saturated heterocycles. The highest BCUT2D eigenvalue weighted by atomic mass is 35.5. The number of anilines is 1. The lowest BCUT2D eigenvalue weighted by Gasteiger charge is -2.19. The summed E-state index contributed by atoms with van der Waals surface area (Å²) >= 11 is 6.49. The summed E-state index contributed by atoms with van der Waals surface area (Å²) in [5, 5.41) is 0.613. The Kier molecular flexibility index (Phi) is 6.22. The van der Waals surface area contributed by atoms with E-state index in [9.17, 15) is 0 Å². The van der Waals surface area contributed by atoms with Crippen molar-refractivity contribution in [2.45, 2.75) is 39.5 Å². The van der Waals surface area contributed by atoms with Gasteiger partial charge in [0, 0.05) is 32.9 Å². The Morgan fingerprint density at radius 1 is 1.17 bits per heavy atom. The Morgan fingerprint density at radius 3 is 2.45 bits per heavy atom. The summed E-state index contributed by atoms with van der Waals surface area (Å²) in [5.41, 5.74) is 3.84. The molecule has 0 bridgehead atoms. The van der Waals surface area contributed by atoms with E-state index in [0.717, 1.165) is 29.6 Å². The molecule has 0 atom stereocenters. The molecule has 0 aliphatic rings. The molecule has 0 amide bonds. The van der Waals surface area contributed by atoms with E-state index in [4.69, 9.17) is 26.1 Å². The van der Waals surface area contributed by atoms with Crippen LogP contribution >= 0.6 is 11.6 Å². The fourth-order valence-electron chi connectivity index (χ4n) is 3.70. The topological polar surface area (TPSA) is 52.4 Å². The number of methoxy groups -OCH3 is 1. The maximum absolute atomic E-state index is 6.49. The summed E-state index contributed by atoms with van der Waals surface area (Å²) in [7, 11) is 7.42. The summed E-state index contributed by atoms with van der Waals surface area (Å²) in [6.45, 7) is 6.33. The number of halogens is 1. The smallest absolute Gasteiger partial charge is 0.302 e. The number of rotatable bonds is 7. The maximum Gasteiger partial charge on any atom is 0.302 e. The molecule has 0 N–H and O–H groups in total. The van der Waals surface area contributed by atoms with Gasteiger partial charge in [-0.1, -0.05) is 31.5 Å². The fourth-order valence-corrected chi connectivity index (χ4v) is 3.90. The third-order valence-electron chi connectivity index (χ3n) is 5.27. The number of nitrogens with zero attached hydrogens (tertiary/aromatic N) is 4. The molecular formula is C22H29ClN4O2. The lowest BCUT2D eigenvalue weighted by atomic mass is 9.93. The molecule has 0 saturated carbocycles. The molecular weight excluding hydrogens is 388 g/mol. The lowest BCUT2D eigenvalue weighted by Crippen LogP contribution is -2.13. The number of ether oxygens (including phenoxy) is 2. The van der Waals surface area contributed by atoms with Crippen LogP contribution in [0.1, 0.15) is 43.9 Å². The number of aryl methyl sites for hydroxylation is 2. The van der Waals surface area contributed by atoms with Gasteiger partial charge in [-0.3, -0.25) is 4.57 Å². The predicted octanol–water partition coefficient (Wildman–Crippen LogP) is 5.70. The van der Waals surface area contributed by atoms with Gasteiger partial charge in [0.05, 0.1) is 17.6 Å². The number of imidazole rings is 1. The molecule has 3 aromatic rings. The third-order valence-corrected chi connectivity index (χ3v) is 5.58. The Labute approximate surface area is 177 Å². The highest BCUT2D eigenvalue weighted by Crippen LogP contribution is 2.41. The molecule has 2 heterocycles.